The van der Waals surface area contributed by atoms with E-state index >= 15 is 0 Å². The second-order valence-electron chi connectivity index (χ2n) is 4.72. The van der Waals surface area contributed by atoms with Crippen molar-refractivity contribution in [1.29, 1.82) is 0 Å². The molecule has 2 rings (SSSR count). The van der Waals surface area contributed by atoms with Gasteiger partial charge in [-0.2, -0.15) is 0 Å². The Labute approximate surface area is 126 Å². The number of hydrogen-bond acceptors (Lipinski definition) is 3. The normalized spacial score (nSPS) is 23.2. The maximum Gasteiger partial charge on any atom is 0.227 e. The largest absolute Gasteiger partial charge is 0.351 e. The quantitative estimate of drug-likeness (QED) is 0.877. The maximum atomic E-state index is 12.2. The van der Waals surface area contributed by atoms with Gasteiger partial charge in [0, 0.05) is 15.9 Å². The van der Waals surface area contributed by atoms with Crippen molar-refractivity contribution in [2.24, 2.45) is 5.41 Å². The first-order valence-electron chi connectivity index (χ1n) is 5.83. The predicted octanol–water partition coefficient (Wildman–Crippen LogP) is 2.94. The van der Waals surface area contributed by atoms with Crippen LogP contribution in [0.5, 0.6) is 0 Å². The number of halogens is 2. The van der Waals surface area contributed by atoms with Gasteiger partial charge in [-0.1, -0.05) is 0 Å². The molecule has 2 heterocycles. The summed E-state index contributed by atoms with van der Waals surface area (Å²) in [6.07, 6.45) is 2.05. The molecule has 1 saturated heterocycles. The minimum Gasteiger partial charge on any atom is -0.351 e. The number of carbonyl (C=O) groups is 1. The molecule has 1 aromatic heterocycles. The van der Waals surface area contributed by atoms with Crippen LogP contribution < -0.4 is 10.6 Å². The van der Waals surface area contributed by atoms with E-state index in [0.29, 0.717) is 6.54 Å². The number of amides is 1. The molecule has 1 atom stereocenters. The standard InChI is InChI=1S/C12H17BrN2OS.ClH/c1-12(4-2-5-14-8-12)11(16)15-7-10-9(13)3-6-17-10;/h3,6,14H,2,4-5,7-8H2,1H3,(H,15,16);1H. The van der Waals surface area contributed by atoms with Crippen molar-refractivity contribution in [3.05, 3.63) is 20.8 Å². The minimum atomic E-state index is -0.248. The molecule has 0 aliphatic carbocycles. The summed E-state index contributed by atoms with van der Waals surface area (Å²) in [5, 5.41) is 8.35. The van der Waals surface area contributed by atoms with Gasteiger partial charge in [-0.15, -0.1) is 23.7 Å². The average molecular weight is 354 g/mol. The van der Waals surface area contributed by atoms with Crippen LogP contribution in [0.3, 0.4) is 0 Å². The highest BCUT2D eigenvalue weighted by atomic mass is 79.9. The summed E-state index contributed by atoms with van der Waals surface area (Å²) in [7, 11) is 0. The van der Waals surface area contributed by atoms with E-state index < -0.39 is 0 Å². The summed E-state index contributed by atoms with van der Waals surface area (Å²) in [5.74, 6) is 0.157. The van der Waals surface area contributed by atoms with Gasteiger partial charge in [0.05, 0.1) is 12.0 Å². The first kappa shape index (κ1) is 16.0. The molecule has 6 heteroatoms. The van der Waals surface area contributed by atoms with E-state index in [4.69, 9.17) is 0 Å². The fourth-order valence-corrected chi connectivity index (χ4v) is 3.51. The highest BCUT2D eigenvalue weighted by molar-refractivity contribution is 9.10. The molecule has 0 saturated carbocycles. The molecule has 1 unspecified atom stereocenters. The predicted molar refractivity (Wildman–Crippen MR) is 81.3 cm³/mol. The lowest BCUT2D eigenvalue weighted by atomic mass is 9.82. The molecule has 1 aliphatic rings. The van der Waals surface area contributed by atoms with Gasteiger partial charge in [-0.3, -0.25) is 4.79 Å². The molecular weight excluding hydrogens is 336 g/mol. The van der Waals surface area contributed by atoms with Crippen molar-refractivity contribution in [3.63, 3.8) is 0 Å². The van der Waals surface area contributed by atoms with E-state index in [9.17, 15) is 4.79 Å². The Morgan fingerprint density at radius 1 is 1.67 bits per heavy atom. The molecule has 3 nitrogen and oxygen atoms in total. The van der Waals surface area contributed by atoms with Gasteiger partial charge < -0.3 is 10.6 Å². The third-order valence-corrected chi connectivity index (χ3v) is 5.17. The first-order chi connectivity index (χ1) is 8.12. The van der Waals surface area contributed by atoms with Crippen molar-refractivity contribution in [2.45, 2.75) is 26.3 Å². The van der Waals surface area contributed by atoms with Gasteiger partial charge >= 0.3 is 0 Å². The van der Waals surface area contributed by atoms with E-state index in [1.54, 1.807) is 11.3 Å². The SMILES string of the molecule is CC1(C(=O)NCc2sccc2Br)CCCNC1.Cl. The number of carbonyl (C=O) groups excluding carboxylic acids is 1. The molecule has 0 aromatic carbocycles. The Kier molecular flexibility index (Phi) is 6.11. The highest BCUT2D eigenvalue weighted by Gasteiger charge is 2.34. The molecule has 0 spiro atoms. The Balaban J connectivity index is 0.00000162. The Morgan fingerprint density at radius 2 is 2.44 bits per heavy atom. The second kappa shape index (κ2) is 6.89. The van der Waals surface area contributed by atoms with Gasteiger partial charge in [0.2, 0.25) is 5.91 Å². The lowest BCUT2D eigenvalue weighted by Gasteiger charge is -2.32. The lowest BCUT2D eigenvalue weighted by Crippen LogP contribution is -2.48. The minimum absolute atomic E-state index is 0. The van der Waals surface area contributed by atoms with Gasteiger partial charge in [0.15, 0.2) is 0 Å². The number of rotatable bonds is 3. The molecule has 1 aromatic rings. The van der Waals surface area contributed by atoms with Crippen molar-refractivity contribution >= 4 is 45.6 Å². The van der Waals surface area contributed by atoms with Crippen LogP contribution in [0.15, 0.2) is 15.9 Å². The van der Waals surface area contributed by atoms with Crippen molar-refractivity contribution < 1.29 is 4.79 Å². The molecule has 18 heavy (non-hydrogen) atoms. The van der Waals surface area contributed by atoms with Crippen LogP contribution in [0, 0.1) is 5.41 Å². The van der Waals surface area contributed by atoms with Crippen molar-refractivity contribution in [3.8, 4) is 0 Å². The summed E-state index contributed by atoms with van der Waals surface area (Å²) in [4.78, 5) is 13.3. The molecule has 102 valence electrons. The number of nitrogens with one attached hydrogen (secondary N) is 2. The fraction of sp³-hybridized carbons (Fsp3) is 0.583. The third-order valence-electron chi connectivity index (χ3n) is 3.25. The van der Waals surface area contributed by atoms with Crippen LogP contribution in [-0.2, 0) is 11.3 Å². The molecule has 1 aliphatic heterocycles. The van der Waals surface area contributed by atoms with E-state index in [0.717, 1.165) is 30.4 Å². The topological polar surface area (TPSA) is 41.1 Å². The Morgan fingerprint density at radius 3 is 3.00 bits per heavy atom. The molecular formula is C12H18BrClN2OS. The summed E-state index contributed by atoms with van der Waals surface area (Å²) in [6, 6.07) is 2.01. The van der Waals surface area contributed by atoms with Crippen molar-refractivity contribution in [1.82, 2.24) is 10.6 Å². The zero-order valence-corrected chi connectivity index (χ0v) is 13.5. The summed E-state index contributed by atoms with van der Waals surface area (Å²) >= 11 is 5.13. The first-order valence-corrected chi connectivity index (χ1v) is 7.50. The van der Waals surface area contributed by atoms with Crippen LogP contribution in [0.1, 0.15) is 24.6 Å². The fourth-order valence-electron chi connectivity index (χ4n) is 2.08. The summed E-state index contributed by atoms with van der Waals surface area (Å²) in [6.45, 7) is 4.47. The molecule has 1 fully saturated rings. The summed E-state index contributed by atoms with van der Waals surface area (Å²) < 4.78 is 1.08. The summed E-state index contributed by atoms with van der Waals surface area (Å²) in [5.41, 5.74) is -0.248. The number of piperidine rings is 1. The van der Waals surface area contributed by atoms with E-state index in [1.165, 1.54) is 4.88 Å². The molecule has 2 N–H and O–H groups in total. The van der Waals surface area contributed by atoms with Crippen LogP contribution in [-0.4, -0.2) is 19.0 Å². The monoisotopic (exact) mass is 352 g/mol. The highest BCUT2D eigenvalue weighted by Crippen LogP contribution is 2.27. The van der Waals surface area contributed by atoms with Gasteiger partial charge in [0.1, 0.15) is 0 Å². The van der Waals surface area contributed by atoms with Gasteiger partial charge in [-0.25, -0.2) is 0 Å². The second-order valence-corrected chi connectivity index (χ2v) is 6.57. The van der Waals surface area contributed by atoms with E-state index in [2.05, 4.69) is 26.6 Å². The van der Waals surface area contributed by atoms with Gasteiger partial charge in [0.25, 0.3) is 0 Å². The van der Waals surface area contributed by atoms with Crippen LogP contribution in [0.4, 0.5) is 0 Å². The molecule has 0 radical (unpaired) electrons. The maximum absolute atomic E-state index is 12.2. The zero-order valence-electron chi connectivity index (χ0n) is 10.3. The smallest absolute Gasteiger partial charge is 0.227 e. The average Bonchev–Trinajstić information content (AvgIpc) is 2.73. The van der Waals surface area contributed by atoms with E-state index in [1.807, 2.05) is 18.4 Å². The van der Waals surface area contributed by atoms with Gasteiger partial charge in [-0.05, 0) is 53.7 Å². The van der Waals surface area contributed by atoms with Crippen molar-refractivity contribution in [2.75, 3.05) is 13.1 Å². The van der Waals surface area contributed by atoms with Crippen LogP contribution >= 0.6 is 39.7 Å². The van der Waals surface area contributed by atoms with Crippen LogP contribution in [0.2, 0.25) is 0 Å². The zero-order chi connectivity index (χ0) is 12.3. The number of hydrogen-bond donors (Lipinski definition) is 2. The van der Waals surface area contributed by atoms with E-state index in [-0.39, 0.29) is 23.7 Å². The Bertz CT molecular complexity index is 405. The molecule has 1 amide bonds. The molecule has 0 bridgehead atoms. The third kappa shape index (κ3) is 3.70. The lowest BCUT2D eigenvalue weighted by molar-refractivity contribution is -0.131. The number of thiophene rings is 1. The van der Waals surface area contributed by atoms with Crippen LogP contribution in [0.25, 0.3) is 0 Å². The Hall–Kier alpha value is -0.100.